The maximum Gasteiger partial charge on any atom is 0.422 e. The third-order valence-electron chi connectivity index (χ3n) is 4.44. The van der Waals surface area contributed by atoms with E-state index in [0.717, 1.165) is 17.8 Å². The van der Waals surface area contributed by atoms with Crippen LogP contribution in [0.15, 0.2) is 23.3 Å². The van der Waals surface area contributed by atoms with Gasteiger partial charge < -0.3 is 15.4 Å². The molecule has 0 radical (unpaired) electrons. The van der Waals surface area contributed by atoms with Crippen LogP contribution in [0.4, 0.5) is 13.2 Å². The highest BCUT2D eigenvalue weighted by Crippen LogP contribution is 2.20. The van der Waals surface area contributed by atoms with Crippen molar-refractivity contribution in [1.82, 2.24) is 25.4 Å². The Hall–Kier alpha value is -2.78. The van der Waals surface area contributed by atoms with Crippen molar-refractivity contribution >= 4 is 5.96 Å². The van der Waals surface area contributed by atoms with Gasteiger partial charge in [0.25, 0.3) is 0 Å². The van der Waals surface area contributed by atoms with Crippen LogP contribution >= 0.6 is 0 Å². The molecule has 2 N–H and O–H groups in total. The van der Waals surface area contributed by atoms with Crippen molar-refractivity contribution in [1.29, 1.82) is 0 Å². The molecular weight excluding hydrogens is 385 g/mol. The number of alkyl halides is 3. The monoisotopic (exact) mass is 412 g/mol. The molecule has 0 bridgehead atoms. The largest absolute Gasteiger partial charge is 0.468 e. The molecule has 0 fully saturated rings. The summed E-state index contributed by atoms with van der Waals surface area (Å²) in [5, 5.41) is 10.8. The van der Waals surface area contributed by atoms with Gasteiger partial charge in [-0.25, -0.2) is 4.98 Å². The SMILES string of the molecule is CN=C(NCc1cccnc1OCC(F)(F)F)NC(C)Cc1c(C)nn(C)c1C. The van der Waals surface area contributed by atoms with Crippen LogP contribution in [0.1, 0.15) is 29.4 Å². The number of pyridine rings is 1. The summed E-state index contributed by atoms with van der Waals surface area (Å²) < 4.78 is 43.9. The van der Waals surface area contributed by atoms with Gasteiger partial charge in [0.15, 0.2) is 12.6 Å². The lowest BCUT2D eigenvalue weighted by atomic mass is 10.1. The zero-order chi connectivity index (χ0) is 21.6. The van der Waals surface area contributed by atoms with Gasteiger partial charge in [0.2, 0.25) is 5.88 Å². The Bertz CT molecular complexity index is 847. The molecule has 2 aromatic heterocycles. The van der Waals surface area contributed by atoms with Gasteiger partial charge in [-0.1, -0.05) is 6.07 Å². The van der Waals surface area contributed by atoms with E-state index in [1.807, 2.05) is 32.5 Å². The highest BCUT2D eigenvalue weighted by atomic mass is 19.4. The molecule has 160 valence electrons. The molecular formula is C19H27F3N6O. The smallest absolute Gasteiger partial charge is 0.422 e. The normalized spacial score (nSPS) is 13.3. The number of halogens is 3. The van der Waals surface area contributed by atoms with E-state index in [0.29, 0.717) is 11.5 Å². The summed E-state index contributed by atoms with van der Waals surface area (Å²) in [4.78, 5) is 8.07. The van der Waals surface area contributed by atoms with Crippen molar-refractivity contribution in [2.24, 2.45) is 12.0 Å². The molecule has 0 saturated carbocycles. The zero-order valence-corrected chi connectivity index (χ0v) is 17.3. The summed E-state index contributed by atoms with van der Waals surface area (Å²) in [6.07, 6.45) is -2.26. The highest BCUT2D eigenvalue weighted by molar-refractivity contribution is 5.80. The van der Waals surface area contributed by atoms with Crippen LogP contribution in [0, 0.1) is 13.8 Å². The van der Waals surface area contributed by atoms with E-state index in [1.165, 1.54) is 11.8 Å². The van der Waals surface area contributed by atoms with Crippen molar-refractivity contribution in [2.75, 3.05) is 13.7 Å². The van der Waals surface area contributed by atoms with Crippen LogP contribution in [0.3, 0.4) is 0 Å². The summed E-state index contributed by atoms with van der Waals surface area (Å²) >= 11 is 0. The molecule has 0 aliphatic heterocycles. The fourth-order valence-electron chi connectivity index (χ4n) is 2.92. The Morgan fingerprint density at radius 2 is 2.07 bits per heavy atom. The molecule has 0 aliphatic rings. The topological polar surface area (TPSA) is 76.4 Å². The Morgan fingerprint density at radius 3 is 2.66 bits per heavy atom. The molecule has 0 amide bonds. The second-order valence-corrected chi connectivity index (χ2v) is 6.82. The number of aromatic nitrogens is 3. The summed E-state index contributed by atoms with van der Waals surface area (Å²) in [7, 11) is 3.55. The molecule has 2 heterocycles. The third kappa shape index (κ3) is 6.65. The Labute approximate surface area is 168 Å². The summed E-state index contributed by atoms with van der Waals surface area (Å²) in [6, 6.07) is 3.37. The Kier molecular flexibility index (Phi) is 7.46. The Balaban J connectivity index is 1.95. The summed E-state index contributed by atoms with van der Waals surface area (Å²) in [5.74, 6) is 0.477. The highest BCUT2D eigenvalue weighted by Gasteiger charge is 2.29. The number of aliphatic imine (C=N–C) groups is 1. The van der Waals surface area contributed by atoms with E-state index in [9.17, 15) is 13.2 Å². The van der Waals surface area contributed by atoms with Gasteiger partial charge in [-0.15, -0.1) is 0 Å². The molecule has 2 aromatic rings. The minimum absolute atomic E-state index is 0.0533. The zero-order valence-electron chi connectivity index (χ0n) is 17.3. The maximum atomic E-state index is 12.4. The fraction of sp³-hybridized carbons (Fsp3) is 0.526. The van der Waals surface area contributed by atoms with Gasteiger partial charge in [0.05, 0.1) is 5.69 Å². The number of hydrogen-bond acceptors (Lipinski definition) is 4. The van der Waals surface area contributed by atoms with Crippen LogP contribution < -0.4 is 15.4 Å². The minimum atomic E-state index is -4.42. The predicted molar refractivity (Wildman–Crippen MR) is 105 cm³/mol. The van der Waals surface area contributed by atoms with E-state index in [-0.39, 0.29) is 18.5 Å². The average Bonchev–Trinajstić information content (AvgIpc) is 2.89. The fourth-order valence-corrected chi connectivity index (χ4v) is 2.92. The minimum Gasteiger partial charge on any atom is -0.468 e. The van der Waals surface area contributed by atoms with Gasteiger partial charge in [0, 0.05) is 44.1 Å². The number of guanidine groups is 1. The van der Waals surface area contributed by atoms with Crippen molar-refractivity contribution < 1.29 is 17.9 Å². The number of nitrogens with zero attached hydrogens (tertiary/aromatic N) is 4. The molecule has 1 atom stereocenters. The number of nitrogens with one attached hydrogen (secondary N) is 2. The molecule has 29 heavy (non-hydrogen) atoms. The van der Waals surface area contributed by atoms with Crippen molar-refractivity contribution in [3.63, 3.8) is 0 Å². The standard InChI is InChI=1S/C19H27F3N6O/c1-12(9-16-13(2)27-28(5)14(16)3)26-18(23-4)25-10-15-7-6-8-24-17(15)29-11-19(20,21)22/h6-8,12H,9-11H2,1-5H3,(H2,23,25,26). The van der Waals surface area contributed by atoms with E-state index >= 15 is 0 Å². The van der Waals surface area contributed by atoms with Gasteiger partial charge in [0.1, 0.15) is 0 Å². The lowest BCUT2D eigenvalue weighted by Crippen LogP contribution is -2.42. The molecule has 0 aliphatic carbocycles. The molecule has 1 unspecified atom stereocenters. The van der Waals surface area contributed by atoms with Gasteiger partial charge in [-0.2, -0.15) is 18.3 Å². The number of ether oxygens (including phenoxy) is 1. The van der Waals surface area contributed by atoms with Gasteiger partial charge in [-0.3, -0.25) is 9.67 Å². The second-order valence-electron chi connectivity index (χ2n) is 6.82. The van der Waals surface area contributed by atoms with Gasteiger partial charge >= 0.3 is 6.18 Å². The van der Waals surface area contributed by atoms with Crippen molar-refractivity contribution in [2.45, 2.75) is 46.0 Å². The first-order valence-corrected chi connectivity index (χ1v) is 9.20. The van der Waals surface area contributed by atoms with Crippen LogP contribution in [0.5, 0.6) is 5.88 Å². The lowest BCUT2D eigenvalue weighted by Gasteiger charge is -2.19. The predicted octanol–water partition coefficient (Wildman–Crippen LogP) is 2.67. The van der Waals surface area contributed by atoms with Crippen LogP contribution in [-0.4, -0.2) is 46.6 Å². The van der Waals surface area contributed by atoms with Crippen molar-refractivity contribution in [3.8, 4) is 5.88 Å². The molecule has 10 heteroatoms. The number of rotatable bonds is 7. The van der Waals surface area contributed by atoms with E-state index < -0.39 is 12.8 Å². The molecule has 0 spiro atoms. The van der Waals surface area contributed by atoms with E-state index in [2.05, 4.69) is 25.7 Å². The molecule has 0 saturated heterocycles. The Morgan fingerprint density at radius 1 is 1.34 bits per heavy atom. The quantitative estimate of drug-likeness (QED) is 0.540. The third-order valence-corrected chi connectivity index (χ3v) is 4.44. The van der Waals surface area contributed by atoms with Crippen LogP contribution in [-0.2, 0) is 20.0 Å². The lowest BCUT2D eigenvalue weighted by molar-refractivity contribution is -0.154. The number of hydrogen-bond donors (Lipinski definition) is 2. The first kappa shape index (κ1) is 22.5. The first-order chi connectivity index (χ1) is 13.6. The molecule has 0 aromatic carbocycles. The second kappa shape index (κ2) is 9.62. The van der Waals surface area contributed by atoms with Gasteiger partial charge in [-0.05, 0) is 38.8 Å². The average molecular weight is 412 g/mol. The maximum absolute atomic E-state index is 12.4. The van der Waals surface area contributed by atoms with Crippen LogP contribution in [0.2, 0.25) is 0 Å². The molecule has 7 nitrogen and oxygen atoms in total. The summed E-state index contributed by atoms with van der Waals surface area (Å²) in [5.41, 5.74) is 3.79. The summed E-state index contributed by atoms with van der Waals surface area (Å²) in [6.45, 7) is 4.87. The van der Waals surface area contributed by atoms with E-state index in [1.54, 1.807) is 19.2 Å². The first-order valence-electron chi connectivity index (χ1n) is 9.20. The van der Waals surface area contributed by atoms with E-state index in [4.69, 9.17) is 4.74 Å². The molecule has 2 rings (SSSR count). The van der Waals surface area contributed by atoms with Crippen molar-refractivity contribution in [3.05, 3.63) is 40.8 Å². The van der Waals surface area contributed by atoms with Crippen LogP contribution in [0.25, 0.3) is 0 Å². The number of aryl methyl sites for hydroxylation is 2.